The summed E-state index contributed by atoms with van der Waals surface area (Å²) < 4.78 is 29.8. The van der Waals surface area contributed by atoms with Crippen LogP contribution in [0.3, 0.4) is 0 Å². The highest BCUT2D eigenvalue weighted by atomic mass is 35.5. The van der Waals surface area contributed by atoms with E-state index in [0.29, 0.717) is 11.6 Å². The maximum absolute atomic E-state index is 12.9. The van der Waals surface area contributed by atoms with Gasteiger partial charge in [-0.3, -0.25) is 0 Å². The summed E-state index contributed by atoms with van der Waals surface area (Å²) >= 11 is 12.2. The number of sulfonamides is 1. The number of benzene rings is 3. The Balaban J connectivity index is 1.75. The van der Waals surface area contributed by atoms with Crippen LogP contribution in [0.5, 0.6) is 0 Å². The molecule has 0 spiro atoms. The Hall–Kier alpha value is -2.87. The quantitative estimate of drug-likeness (QED) is 0.426. The molecule has 0 aromatic heterocycles. The van der Waals surface area contributed by atoms with Crippen LogP contribution in [0.15, 0.2) is 93.3 Å². The molecule has 3 aromatic carbocycles. The molecule has 0 saturated carbocycles. The van der Waals surface area contributed by atoms with E-state index in [9.17, 15) is 8.42 Å². The van der Waals surface area contributed by atoms with Gasteiger partial charge in [-0.15, -0.1) is 4.40 Å². The zero-order chi connectivity index (χ0) is 22.7. The molecule has 4 rings (SSSR count). The molecular formula is C23H20Cl2N4O2S. The molecule has 0 fully saturated rings. The maximum Gasteiger partial charge on any atom is 0.287 e. The van der Waals surface area contributed by atoms with E-state index in [4.69, 9.17) is 28.3 Å². The summed E-state index contributed by atoms with van der Waals surface area (Å²) in [6, 6.07) is 23.5. The first-order valence-corrected chi connectivity index (χ1v) is 12.0. The number of hydrazone groups is 1. The molecular weight excluding hydrogens is 467 g/mol. The fraction of sp³-hybridized carbons (Fsp3) is 0.130. The van der Waals surface area contributed by atoms with Crippen LogP contribution in [0.4, 0.5) is 0 Å². The first-order chi connectivity index (χ1) is 15.4. The van der Waals surface area contributed by atoms with Gasteiger partial charge in [-0.2, -0.15) is 13.5 Å². The number of hydrogen-bond donors (Lipinski definition) is 1. The summed E-state index contributed by atoms with van der Waals surface area (Å²) in [6.45, 7) is 0.416. The number of nitrogens with one attached hydrogen (secondary N) is 1. The summed E-state index contributed by atoms with van der Waals surface area (Å²) in [6.07, 6.45) is 0. The summed E-state index contributed by atoms with van der Waals surface area (Å²) in [7, 11) is -2.44. The highest BCUT2D eigenvalue weighted by Gasteiger charge is 2.32. The van der Waals surface area contributed by atoms with Gasteiger partial charge in [0, 0.05) is 18.0 Å². The van der Waals surface area contributed by atoms with Gasteiger partial charge < -0.3 is 5.32 Å². The van der Waals surface area contributed by atoms with Gasteiger partial charge >= 0.3 is 0 Å². The van der Waals surface area contributed by atoms with Crippen molar-refractivity contribution < 1.29 is 8.42 Å². The lowest BCUT2D eigenvalue weighted by atomic mass is 9.91. The summed E-state index contributed by atoms with van der Waals surface area (Å²) in [5.41, 5.74) is 2.76. The van der Waals surface area contributed by atoms with Crippen molar-refractivity contribution in [2.24, 2.45) is 9.50 Å². The van der Waals surface area contributed by atoms with Gasteiger partial charge in [0.15, 0.2) is 0 Å². The third kappa shape index (κ3) is 4.65. The van der Waals surface area contributed by atoms with Crippen LogP contribution in [-0.2, 0) is 10.0 Å². The highest BCUT2D eigenvalue weighted by Crippen LogP contribution is 2.30. The van der Waals surface area contributed by atoms with Gasteiger partial charge in [0.1, 0.15) is 4.90 Å². The molecule has 1 aliphatic heterocycles. The molecule has 6 nitrogen and oxygen atoms in total. The molecule has 3 aromatic rings. The standard InChI is InChI=1S/C23H20Cl2N4O2S/c1-26-23(28-32(30,31)21-10-6-5-9-20(21)25)29-15-19(16-7-3-2-4-8-16)22(27-29)17-11-13-18(24)14-12-17/h2-14,19H,15H2,1H3,(H,26,28). The van der Waals surface area contributed by atoms with Gasteiger partial charge in [0.2, 0.25) is 5.96 Å². The normalized spacial score (nSPS) is 16.7. The minimum absolute atomic E-state index is 0.0601. The van der Waals surface area contributed by atoms with Crippen LogP contribution in [-0.4, -0.2) is 38.7 Å². The summed E-state index contributed by atoms with van der Waals surface area (Å²) in [5.74, 6) is 0.0220. The Morgan fingerprint density at radius 2 is 1.66 bits per heavy atom. The predicted octanol–water partition coefficient (Wildman–Crippen LogP) is 4.76. The maximum atomic E-state index is 12.9. The number of nitrogens with zero attached hydrogens (tertiary/aromatic N) is 3. The molecule has 164 valence electrons. The fourth-order valence-electron chi connectivity index (χ4n) is 3.50. The van der Waals surface area contributed by atoms with E-state index in [1.807, 2.05) is 42.5 Å². The van der Waals surface area contributed by atoms with Gasteiger partial charge in [0.25, 0.3) is 10.0 Å². The zero-order valence-electron chi connectivity index (χ0n) is 17.1. The number of rotatable bonds is 4. The molecule has 0 saturated heterocycles. The van der Waals surface area contributed by atoms with Crippen molar-refractivity contribution in [2.45, 2.75) is 10.8 Å². The smallest absolute Gasteiger partial charge is 0.287 e. The molecule has 0 aliphatic carbocycles. The zero-order valence-corrected chi connectivity index (χ0v) is 19.4. The first-order valence-electron chi connectivity index (χ1n) is 9.83. The molecule has 0 bridgehead atoms. The monoisotopic (exact) mass is 486 g/mol. The summed E-state index contributed by atoms with van der Waals surface area (Å²) in [5, 5.41) is 9.91. The van der Waals surface area contributed by atoms with E-state index in [2.05, 4.69) is 9.71 Å². The second-order valence-electron chi connectivity index (χ2n) is 7.11. The predicted molar refractivity (Wildman–Crippen MR) is 129 cm³/mol. The van der Waals surface area contributed by atoms with Crippen molar-refractivity contribution in [2.75, 3.05) is 13.6 Å². The van der Waals surface area contributed by atoms with Crippen molar-refractivity contribution in [1.82, 2.24) is 10.3 Å². The van der Waals surface area contributed by atoms with Gasteiger partial charge in [-0.1, -0.05) is 77.8 Å². The van der Waals surface area contributed by atoms with E-state index in [0.717, 1.165) is 16.8 Å². The van der Waals surface area contributed by atoms with Gasteiger partial charge in [0.05, 0.1) is 17.3 Å². The number of guanidine groups is 1. The van der Waals surface area contributed by atoms with Crippen LogP contribution in [0.25, 0.3) is 0 Å². The van der Waals surface area contributed by atoms with Crippen molar-refractivity contribution in [3.05, 3.63) is 100 Å². The second kappa shape index (κ2) is 9.32. The van der Waals surface area contributed by atoms with Gasteiger partial charge in [-0.05, 0) is 35.4 Å². The molecule has 0 amide bonds. The topological polar surface area (TPSA) is 74.1 Å². The van der Waals surface area contributed by atoms with Crippen LogP contribution < -0.4 is 5.32 Å². The highest BCUT2D eigenvalue weighted by molar-refractivity contribution is 7.90. The van der Waals surface area contributed by atoms with E-state index in [1.54, 1.807) is 36.3 Å². The van der Waals surface area contributed by atoms with Crippen LogP contribution in [0.2, 0.25) is 10.0 Å². The summed E-state index contributed by atoms with van der Waals surface area (Å²) in [4.78, 5) is -0.0601. The van der Waals surface area contributed by atoms with Crippen molar-refractivity contribution in [3.63, 3.8) is 0 Å². The Bertz CT molecular complexity index is 1280. The molecule has 32 heavy (non-hydrogen) atoms. The molecule has 1 atom stereocenters. The lowest BCUT2D eigenvalue weighted by molar-refractivity contribution is 0.460. The van der Waals surface area contributed by atoms with Crippen LogP contribution in [0.1, 0.15) is 17.0 Å². The lowest BCUT2D eigenvalue weighted by Gasteiger charge is -2.18. The SMILES string of the molecule is CN/C(=N/S(=O)(=O)c1ccccc1Cl)N1CC(c2ccccc2)C(c2ccc(Cl)cc2)=N1. The molecule has 0 radical (unpaired) electrons. The minimum atomic E-state index is -4.04. The molecule has 1 unspecified atom stereocenters. The average molecular weight is 487 g/mol. The number of halogens is 2. The fourth-order valence-corrected chi connectivity index (χ4v) is 5.13. The van der Waals surface area contributed by atoms with Crippen molar-refractivity contribution in [3.8, 4) is 0 Å². The Morgan fingerprint density at radius 1 is 1.00 bits per heavy atom. The average Bonchev–Trinajstić information content (AvgIpc) is 3.24. The van der Waals surface area contributed by atoms with Crippen LogP contribution in [0, 0.1) is 0 Å². The van der Waals surface area contributed by atoms with E-state index < -0.39 is 10.0 Å². The minimum Gasteiger partial charge on any atom is -0.357 e. The Labute approximate surface area is 197 Å². The van der Waals surface area contributed by atoms with E-state index in [-0.39, 0.29) is 21.8 Å². The number of hydrogen-bond acceptors (Lipinski definition) is 3. The van der Waals surface area contributed by atoms with E-state index >= 15 is 0 Å². The largest absolute Gasteiger partial charge is 0.357 e. The van der Waals surface area contributed by atoms with E-state index in [1.165, 1.54) is 12.1 Å². The Morgan fingerprint density at radius 3 is 2.31 bits per heavy atom. The third-order valence-electron chi connectivity index (χ3n) is 5.05. The third-order valence-corrected chi connectivity index (χ3v) is 7.06. The van der Waals surface area contributed by atoms with Gasteiger partial charge in [-0.25, -0.2) is 5.01 Å². The molecule has 9 heteroatoms. The van der Waals surface area contributed by atoms with Crippen molar-refractivity contribution >= 4 is 44.9 Å². The van der Waals surface area contributed by atoms with Crippen molar-refractivity contribution in [1.29, 1.82) is 0 Å². The molecule has 1 aliphatic rings. The first kappa shape index (κ1) is 22.3. The Kier molecular flexibility index (Phi) is 6.50. The molecule has 1 N–H and O–H groups in total. The lowest BCUT2D eigenvalue weighted by Crippen LogP contribution is -2.36. The molecule has 1 heterocycles. The van der Waals surface area contributed by atoms with Crippen LogP contribution >= 0.6 is 23.2 Å². The second-order valence-corrected chi connectivity index (χ2v) is 9.52.